The second kappa shape index (κ2) is 9.28. The van der Waals surface area contributed by atoms with Crippen LogP contribution in [0, 0.1) is 0 Å². The van der Waals surface area contributed by atoms with E-state index in [4.69, 9.17) is 24.5 Å². The van der Waals surface area contributed by atoms with Crippen molar-refractivity contribution in [1.29, 1.82) is 0 Å². The lowest BCUT2D eigenvalue weighted by Gasteiger charge is -2.26. The molecule has 1 aliphatic heterocycles. The number of benzene rings is 2. The lowest BCUT2D eigenvalue weighted by molar-refractivity contribution is 0.0913. The molecule has 0 radical (unpaired) electrons. The molecular weight excluding hydrogens is 346 g/mol. The van der Waals surface area contributed by atoms with Crippen LogP contribution in [0.5, 0.6) is 11.5 Å². The number of ether oxygens (including phenoxy) is 2. The van der Waals surface area contributed by atoms with Crippen LogP contribution in [0.1, 0.15) is 42.9 Å². The van der Waals surface area contributed by atoms with Gasteiger partial charge in [-0.15, -0.1) is 0 Å². The molecule has 2 aliphatic rings. The van der Waals surface area contributed by atoms with Gasteiger partial charge in [0.1, 0.15) is 6.61 Å². The van der Waals surface area contributed by atoms with Gasteiger partial charge < -0.3 is 25.0 Å². The van der Waals surface area contributed by atoms with E-state index in [9.17, 15) is 0 Å². The van der Waals surface area contributed by atoms with Crippen LogP contribution in [0.2, 0.25) is 0 Å². The van der Waals surface area contributed by atoms with E-state index in [-0.39, 0.29) is 6.10 Å². The Labute approximate surface area is 158 Å². The van der Waals surface area contributed by atoms with Crippen molar-refractivity contribution >= 4 is 6.16 Å². The third-order valence-corrected chi connectivity index (χ3v) is 4.81. The molecule has 1 fully saturated rings. The second-order valence-electron chi connectivity index (χ2n) is 6.75. The van der Waals surface area contributed by atoms with Gasteiger partial charge in [0.2, 0.25) is 0 Å². The summed E-state index contributed by atoms with van der Waals surface area (Å²) in [7, 11) is 0. The summed E-state index contributed by atoms with van der Waals surface area (Å²) in [4.78, 5) is 8.56. The Balaban J connectivity index is 0.000000481. The molecular formula is C21H25NO5. The first kappa shape index (κ1) is 19.0. The molecule has 4 rings (SSSR count). The molecule has 2 aromatic carbocycles. The van der Waals surface area contributed by atoms with E-state index in [1.807, 2.05) is 24.3 Å². The predicted molar refractivity (Wildman–Crippen MR) is 101 cm³/mol. The molecule has 0 saturated heterocycles. The molecule has 0 amide bonds. The molecule has 1 atom stereocenters. The van der Waals surface area contributed by atoms with E-state index >= 15 is 0 Å². The van der Waals surface area contributed by atoms with Crippen LogP contribution in [-0.2, 0) is 6.54 Å². The summed E-state index contributed by atoms with van der Waals surface area (Å²) < 4.78 is 11.9. The Hall–Kier alpha value is -2.73. The number of hydrogen-bond donors (Lipinski definition) is 3. The van der Waals surface area contributed by atoms with E-state index < -0.39 is 6.16 Å². The molecule has 1 aliphatic carbocycles. The van der Waals surface area contributed by atoms with Gasteiger partial charge in [-0.25, -0.2) is 4.79 Å². The smallest absolute Gasteiger partial charge is 0.485 e. The quantitative estimate of drug-likeness (QED) is 0.736. The number of hydrogen-bond acceptors (Lipinski definition) is 4. The van der Waals surface area contributed by atoms with Crippen molar-refractivity contribution in [2.75, 3.05) is 6.61 Å². The first-order valence-electron chi connectivity index (χ1n) is 9.24. The average molecular weight is 371 g/mol. The molecule has 3 N–H and O–H groups in total. The maximum atomic E-state index is 8.56. The zero-order valence-corrected chi connectivity index (χ0v) is 15.1. The number of para-hydroxylation sites is 2. The summed E-state index contributed by atoms with van der Waals surface area (Å²) in [6, 6.07) is 17.3. The van der Waals surface area contributed by atoms with Crippen LogP contribution >= 0.6 is 0 Å². The minimum absolute atomic E-state index is 0.0262. The van der Waals surface area contributed by atoms with Crippen LogP contribution in [0.3, 0.4) is 0 Å². The topological polar surface area (TPSA) is 88.0 Å². The fraction of sp³-hybridized carbons (Fsp3) is 0.381. The molecule has 1 heterocycles. The van der Waals surface area contributed by atoms with Crippen LogP contribution in [-0.4, -0.2) is 29.0 Å². The summed E-state index contributed by atoms with van der Waals surface area (Å²) in [5.74, 6) is 1.66. The van der Waals surface area contributed by atoms with Crippen molar-refractivity contribution in [3.8, 4) is 11.5 Å². The summed E-state index contributed by atoms with van der Waals surface area (Å²) >= 11 is 0. The van der Waals surface area contributed by atoms with Crippen molar-refractivity contribution in [3.63, 3.8) is 0 Å². The number of fused-ring (bicyclic) bond motifs is 1. The van der Waals surface area contributed by atoms with Crippen molar-refractivity contribution in [1.82, 2.24) is 5.32 Å². The summed E-state index contributed by atoms with van der Waals surface area (Å²) in [5, 5.41) is 17.6. The van der Waals surface area contributed by atoms with Crippen LogP contribution in [0.25, 0.3) is 0 Å². The largest absolute Gasteiger partial charge is 0.503 e. The van der Waals surface area contributed by atoms with Crippen LogP contribution < -0.4 is 14.8 Å². The third-order valence-electron chi connectivity index (χ3n) is 4.81. The number of carboxylic acid groups (broad SMARTS) is 2. The van der Waals surface area contributed by atoms with Gasteiger partial charge in [0.25, 0.3) is 0 Å². The van der Waals surface area contributed by atoms with Gasteiger partial charge in [0, 0.05) is 12.6 Å². The second-order valence-corrected chi connectivity index (χ2v) is 6.75. The third kappa shape index (κ3) is 5.62. The first-order chi connectivity index (χ1) is 13.1. The van der Waals surface area contributed by atoms with Crippen molar-refractivity contribution in [2.45, 2.75) is 44.4 Å². The van der Waals surface area contributed by atoms with Gasteiger partial charge in [-0.3, -0.25) is 0 Å². The first-order valence-corrected chi connectivity index (χ1v) is 9.24. The molecule has 0 unspecified atom stereocenters. The minimum atomic E-state index is -1.83. The van der Waals surface area contributed by atoms with E-state index in [1.54, 1.807) is 0 Å². The van der Waals surface area contributed by atoms with Crippen molar-refractivity contribution in [2.24, 2.45) is 0 Å². The fourth-order valence-electron chi connectivity index (χ4n) is 3.43. The van der Waals surface area contributed by atoms with Gasteiger partial charge in [-0.2, -0.15) is 0 Å². The zero-order valence-electron chi connectivity index (χ0n) is 15.1. The normalized spacial score (nSPS) is 18.4. The van der Waals surface area contributed by atoms with Crippen LogP contribution in [0.15, 0.2) is 48.5 Å². The summed E-state index contributed by atoms with van der Waals surface area (Å²) in [5.41, 5.74) is 2.50. The SMILES string of the molecule is O=C(O)O.c1ccc2c(c1)OC[C@H](c1ccc(CNC3CCCC3)cc1)O2. The zero-order chi connectivity index (χ0) is 19.1. The van der Waals surface area contributed by atoms with E-state index in [2.05, 4.69) is 29.6 Å². The molecule has 6 nitrogen and oxygen atoms in total. The highest BCUT2D eigenvalue weighted by Crippen LogP contribution is 2.35. The molecule has 0 aromatic heterocycles. The molecule has 27 heavy (non-hydrogen) atoms. The number of nitrogens with one attached hydrogen (secondary N) is 1. The van der Waals surface area contributed by atoms with E-state index in [0.29, 0.717) is 12.6 Å². The standard InChI is InChI=1S/C20H23NO2.CH2O3/c1-2-6-17(5-1)21-13-15-9-11-16(12-10-15)20-14-22-18-7-3-4-8-19(18)23-20;2-1(3)4/h3-4,7-12,17,20-21H,1-2,5-6,13-14H2;(H2,2,3,4)/t20-;/m1./s1. The van der Waals surface area contributed by atoms with E-state index in [0.717, 1.165) is 18.0 Å². The molecule has 0 bridgehead atoms. The maximum Gasteiger partial charge on any atom is 0.503 e. The summed E-state index contributed by atoms with van der Waals surface area (Å²) in [6.07, 6.45) is 3.53. The average Bonchev–Trinajstić information content (AvgIpc) is 3.20. The highest BCUT2D eigenvalue weighted by molar-refractivity contribution is 5.53. The molecule has 6 heteroatoms. The Kier molecular flexibility index (Phi) is 6.54. The van der Waals surface area contributed by atoms with Crippen molar-refractivity contribution in [3.05, 3.63) is 59.7 Å². The maximum absolute atomic E-state index is 8.56. The summed E-state index contributed by atoms with van der Waals surface area (Å²) in [6.45, 7) is 1.52. The van der Waals surface area contributed by atoms with Gasteiger partial charge in [0.15, 0.2) is 17.6 Å². The Morgan fingerprint density at radius 1 is 1.00 bits per heavy atom. The Bertz CT molecular complexity index is 736. The van der Waals surface area contributed by atoms with Gasteiger partial charge in [0.05, 0.1) is 0 Å². The van der Waals surface area contributed by atoms with Crippen LogP contribution in [0.4, 0.5) is 4.79 Å². The Morgan fingerprint density at radius 2 is 1.63 bits per heavy atom. The number of rotatable bonds is 4. The molecule has 2 aromatic rings. The van der Waals surface area contributed by atoms with Gasteiger partial charge >= 0.3 is 6.16 Å². The lowest BCUT2D eigenvalue weighted by Crippen LogP contribution is -2.25. The van der Waals surface area contributed by atoms with Gasteiger partial charge in [-0.1, -0.05) is 49.2 Å². The molecule has 144 valence electrons. The molecule has 0 spiro atoms. The Morgan fingerprint density at radius 3 is 2.30 bits per heavy atom. The lowest BCUT2D eigenvalue weighted by atomic mass is 10.1. The van der Waals surface area contributed by atoms with Gasteiger partial charge in [-0.05, 0) is 36.1 Å². The fourth-order valence-corrected chi connectivity index (χ4v) is 3.43. The number of carbonyl (C=O) groups is 1. The molecule has 1 saturated carbocycles. The van der Waals surface area contributed by atoms with E-state index in [1.165, 1.54) is 36.8 Å². The minimum Gasteiger partial charge on any atom is -0.485 e. The highest BCUT2D eigenvalue weighted by atomic mass is 16.6. The predicted octanol–water partition coefficient (Wildman–Crippen LogP) is 4.45. The monoisotopic (exact) mass is 371 g/mol. The highest BCUT2D eigenvalue weighted by Gasteiger charge is 2.22. The van der Waals surface area contributed by atoms with Crippen molar-refractivity contribution < 1.29 is 24.5 Å².